The Bertz CT molecular complexity index is 1270. The Morgan fingerprint density at radius 2 is 2.03 bits per heavy atom. The van der Waals surface area contributed by atoms with Crippen molar-refractivity contribution in [2.24, 2.45) is 0 Å². The number of nitrogens with zero attached hydrogens (tertiary/aromatic N) is 3. The van der Waals surface area contributed by atoms with E-state index in [1.807, 2.05) is 0 Å². The number of para-hydroxylation sites is 1. The van der Waals surface area contributed by atoms with E-state index in [4.69, 9.17) is 21.1 Å². The zero-order chi connectivity index (χ0) is 25.4. The maximum absolute atomic E-state index is 14.1. The summed E-state index contributed by atoms with van der Waals surface area (Å²) in [4.78, 5) is 32.2. The Kier molecular flexibility index (Phi) is 8.69. The third-order valence-electron chi connectivity index (χ3n) is 4.87. The summed E-state index contributed by atoms with van der Waals surface area (Å²) >= 11 is 5.79. The molecule has 1 aromatic heterocycles. The van der Waals surface area contributed by atoms with Crippen molar-refractivity contribution in [3.63, 3.8) is 0 Å². The van der Waals surface area contributed by atoms with E-state index in [1.165, 1.54) is 37.6 Å². The first-order chi connectivity index (χ1) is 16.8. The molecule has 0 fully saturated rings. The van der Waals surface area contributed by atoms with Gasteiger partial charge in [-0.2, -0.15) is 0 Å². The van der Waals surface area contributed by atoms with Crippen molar-refractivity contribution < 1.29 is 23.6 Å². The fourth-order valence-corrected chi connectivity index (χ4v) is 3.32. The van der Waals surface area contributed by atoms with Gasteiger partial charge in [-0.15, -0.1) is 0 Å². The van der Waals surface area contributed by atoms with Gasteiger partial charge in [-0.05, 0) is 37.6 Å². The van der Waals surface area contributed by atoms with Crippen molar-refractivity contribution >= 4 is 35.2 Å². The number of aromatic nitrogens is 2. The number of halogens is 2. The monoisotopic (exact) mass is 500 g/mol. The second-order valence-corrected chi connectivity index (χ2v) is 7.51. The van der Waals surface area contributed by atoms with E-state index in [9.17, 15) is 19.3 Å². The first-order valence-electron chi connectivity index (χ1n) is 10.6. The molecule has 0 atom stereocenters. The molecule has 0 aliphatic heterocycles. The maximum Gasteiger partial charge on any atom is 0.357 e. The number of ether oxygens (including phenoxy) is 2. The minimum atomic E-state index is -0.735. The summed E-state index contributed by atoms with van der Waals surface area (Å²) in [6.07, 6.45) is 3.20. The molecule has 1 N–H and O–H groups in total. The van der Waals surface area contributed by atoms with Crippen molar-refractivity contribution in [2.75, 3.05) is 25.6 Å². The van der Waals surface area contributed by atoms with Crippen LogP contribution in [0.3, 0.4) is 0 Å². The molecule has 3 rings (SSSR count). The van der Waals surface area contributed by atoms with Crippen LogP contribution in [0.1, 0.15) is 28.5 Å². The molecule has 11 heteroatoms. The van der Waals surface area contributed by atoms with E-state index in [0.29, 0.717) is 24.2 Å². The van der Waals surface area contributed by atoms with E-state index in [-0.39, 0.29) is 40.2 Å². The smallest absolute Gasteiger partial charge is 0.357 e. The van der Waals surface area contributed by atoms with Gasteiger partial charge in [-0.25, -0.2) is 19.2 Å². The second kappa shape index (κ2) is 11.9. The fraction of sp³-hybridized carbons (Fsp3) is 0.208. The van der Waals surface area contributed by atoms with Gasteiger partial charge < -0.3 is 14.8 Å². The third kappa shape index (κ3) is 6.30. The van der Waals surface area contributed by atoms with E-state index in [0.717, 1.165) is 6.07 Å². The van der Waals surface area contributed by atoms with E-state index >= 15 is 0 Å². The lowest BCUT2D eigenvalue weighted by Gasteiger charge is -2.14. The van der Waals surface area contributed by atoms with Gasteiger partial charge in [0.15, 0.2) is 11.5 Å². The van der Waals surface area contributed by atoms with Crippen LogP contribution < -0.4 is 5.32 Å². The van der Waals surface area contributed by atoms with Crippen LogP contribution in [0.4, 0.5) is 15.9 Å². The topological polar surface area (TPSA) is 116 Å². The molecule has 2 aromatic carbocycles. The maximum atomic E-state index is 14.1. The van der Waals surface area contributed by atoms with Crippen LogP contribution in [0.25, 0.3) is 17.5 Å². The minimum absolute atomic E-state index is 0.000955. The summed E-state index contributed by atoms with van der Waals surface area (Å²) in [6, 6.07) is 10.4. The summed E-state index contributed by atoms with van der Waals surface area (Å²) in [6.45, 7) is 2.44. The standard InChI is InChI=1S/C24H22ClFN4O5/c1-3-35-13-11-17-21(24(31)34-2)28-22(16-8-9-18(25)19(26)14-16)29-23(17)27-12-10-15-6-4-5-7-20(15)30(32)33/h4-9,11,13-14H,3,10,12H2,1-2H3,(H,27,28,29)/b13-11-. The molecule has 0 unspecified atom stereocenters. The Balaban J connectivity index is 2.04. The molecule has 0 aliphatic rings. The number of hydrogen-bond donors (Lipinski definition) is 1. The van der Waals surface area contributed by atoms with Crippen LogP contribution in [0, 0.1) is 15.9 Å². The molecule has 0 aliphatic carbocycles. The molecular formula is C24H22ClFN4O5. The molecule has 3 aromatic rings. The van der Waals surface area contributed by atoms with E-state index in [1.54, 1.807) is 25.1 Å². The lowest BCUT2D eigenvalue weighted by Crippen LogP contribution is -2.15. The number of benzene rings is 2. The van der Waals surface area contributed by atoms with Crippen LogP contribution in [-0.4, -0.2) is 41.1 Å². The van der Waals surface area contributed by atoms with Gasteiger partial charge in [-0.3, -0.25) is 10.1 Å². The van der Waals surface area contributed by atoms with E-state index < -0.39 is 16.7 Å². The number of esters is 1. The average molecular weight is 501 g/mol. The molecule has 35 heavy (non-hydrogen) atoms. The molecule has 0 amide bonds. The normalized spacial score (nSPS) is 10.9. The predicted octanol–water partition coefficient (Wildman–Crippen LogP) is 5.29. The highest BCUT2D eigenvalue weighted by Gasteiger charge is 2.21. The van der Waals surface area contributed by atoms with Gasteiger partial charge in [-0.1, -0.05) is 29.8 Å². The number of anilines is 1. The summed E-state index contributed by atoms with van der Waals surface area (Å²) in [5, 5.41) is 14.3. The lowest BCUT2D eigenvalue weighted by atomic mass is 10.1. The molecule has 1 heterocycles. The summed E-state index contributed by atoms with van der Waals surface area (Å²) in [7, 11) is 1.21. The first kappa shape index (κ1) is 25.6. The molecule has 0 saturated heterocycles. The largest absolute Gasteiger partial charge is 0.501 e. The van der Waals surface area contributed by atoms with Crippen molar-refractivity contribution in [1.82, 2.24) is 9.97 Å². The highest BCUT2D eigenvalue weighted by Crippen LogP contribution is 2.27. The third-order valence-corrected chi connectivity index (χ3v) is 5.18. The van der Waals surface area contributed by atoms with Crippen molar-refractivity contribution in [2.45, 2.75) is 13.3 Å². The Hall–Kier alpha value is -4.05. The molecule has 9 nitrogen and oxygen atoms in total. The van der Waals surface area contributed by atoms with Crippen LogP contribution in [0.2, 0.25) is 5.02 Å². The summed E-state index contributed by atoms with van der Waals surface area (Å²) < 4.78 is 24.2. The lowest BCUT2D eigenvalue weighted by molar-refractivity contribution is -0.385. The highest BCUT2D eigenvalue weighted by molar-refractivity contribution is 6.30. The van der Waals surface area contributed by atoms with Gasteiger partial charge in [0, 0.05) is 23.7 Å². The Labute approximate surface area is 205 Å². The number of rotatable bonds is 10. The zero-order valence-corrected chi connectivity index (χ0v) is 19.7. The number of nitro groups is 1. The number of carbonyl (C=O) groups is 1. The molecule has 182 valence electrons. The molecule has 0 saturated carbocycles. The van der Waals surface area contributed by atoms with Crippen molar-refractivity contribution in [3.05, 3.63) is 86.5 Å². The van der Waals surface area contributed by atoms with Gasteiger partial charge in [0.25, 0.3) is 5.69 Å². The van der Waals surface area contributed by atoms with Crippen molar-refractivity contribution in [3.8, 4) is 11.4 Å². The van der Waals surface area contributed by atoms with Crippen LogP contribution in [0.15, 0.2) is 48.7 Å². The SMILES string of the molecule is CCO/C=C\c1c(NCCc2ccccc2[N+](=O)[O-])nc(-c2ccc(Cl)c(F)c2)nc1C(=O)OC. The molecule has 0 spiro atoms. The Morgan fingerprint density at radius 1 is 1.26 bits per heavy atom. The zero-order valence-electron chi connectivity index (χ0n) is 19.0. The number of nitro benzene ring substituents is 1. The number of carbonyl (C=O) groups excluding carboxylic acids is 1. The number of hydrogen-bond acceptors (Lipinski definition) is 8. The Morgan fingerprint density at radius 3 is 2.71 bits per heavy atom. The number of nitrogens with one attached hydrogen (secondary N) is 1. The van der Waals surface area contributed by atoms with Crippen LogP contribution in [0.5, 0.6) is 0 Å². The second-order valence-electron chi connectivity index (χ2n) is 7.10. The van der Waals surface area contributed by atoms with Gasteiger partial charge >= 0.3 is 5.97 Å². The van der Waals surface area contributed by atoms with Crippen LogP contribution in [-0.2, 0) is 15.9 Å². The quantitative estimate of drug-likeness (QED) is 0.173. The van der Waals surface area contributed by atoms with Crippen LogP contribution >= 0.6 is 11.6 Å². The molecule has 0 radical (unpaired) electrons. The van der Waals surface area contributed by atoms with Gasteiger partial charge in [0.2, 0.25) is 0 Å². The first-order valence-corrected chi connectivity index (χ1v) is 10.9. The summed E-state index contributed by atoms with van der Waals surface area (Å²) in [5.74, 6) is -1.11. The molecular weight excluding hydrogens is 479 g/mol. The predicted molar refractivity (Wildman–Crippen MR) is 130 cm³/mol. The van der Waals surface area contributed by atoms with Crippen molar-refractivity contribution in [1.29, 1.82) is 0 Å². The highest BCUT2D eigenvalue weighted by atomic mass is 35.5. The fourth-order valence-electron chi connectivity index (χ4n) is 3.21. The van der Waals surface area contributed by atoms with Gasteiger partial charge in [0.1, 0.15) is 11.6 Å². The number of methoxy groups -OCH3 is 1. The minimum Gasteiger partial charge on any atom is -0.501 e. The van der Waals surface area contributed by atoms with E-state index in [2.05, 4.69) is 15.3 Å². The molecule has 0 bridgehead atoms. The average Bonchev–Trinajstić information content (AvgIpc) is 2.86. The summed E-state index contributed by atoms with van der Waals surface area (Å²) in [5.41, 5.74) is 1.03. The van der Waals surface area contributed by atoms with Gasteiger partial charge in [0.05, 0.1) is 35.5 Å².